The van der Waals surface area contributed by atoms with Crippen molar-refractivity contribution in [2.75, 3.05) is 12.4 Å². The van der Waals surface area contributed by atoms with Crippen LogP contribution in [0, 0.1) is 10.1 Å². The molecule has 1 heterocycles. The number of benzene rings is 1. The van der Waals surface area contributed by atoms with Gasteiger partial charge in [0, 0.05) is 12.1 Å². The minimum atomic E-state index is -1.03. The van der Waals surface area contributed by atoms with Crippen LogP contribution < -0.4 is 10.1 Å². The number of nitrogens with one attached hydrogen (secondary N) is 1. The smallest absolute Gasteiger partial charge is 0.338 e. The zero-order valence-corrected chi connectivity index (χ0v) is 16.0. The maximum atomic E-state index is 12.5. The number of hydrogen-bond donors (Lipinski definition) is 1. The second kappa shape index (κ2) is 8.98. The molecule has 0 aliphatic heterocycles. The van der Waals surface area contributed by atoms with Gasteiger partial charge in [0.15, 0.2) is 11.9 Å². The summed E-state index contributed by atoms with van der Waals surface area (Å²) in [5.74, 6) is -0.823. The second-order valence-electron chi connectivity index (χ2n) is 6.10. The van der Waals surface area contributed by atoms with Crippen LogP contribution in [0.15, 0.2) is 30.5 Å². The van der Waals surface area contributed by atoms with E-state index < -0.39 is 28.6 Å². The van der Waals surface area contributed by atoms with Crippen LogP contribution in [-0.2, 0) is 9.53 Å². The molecule has 0 spiro atoms. The molecule has 1 aromatic carbocycles. The summed E-state index contributed by atoms with van der Waals surface area (Å²) in [6, 6.07) is 5.39. The first-order valence-electron chi connectivity index (χ1n) is 8.66. The lowest BCUT2D eigenvalue weighted by Crippen LogP contribution is -2.31. The van der Waals surface area contributed by atoms with Crippen molar-refractivity contribution in [3.63, 3.8) is 0 Å². The molecular weight excluding hydrogens is 368 g/mol. The van der Waals surface area contributed by atoms with E-state index in [-0.39, 0.29) is 17.4 Å². The molecule has 10 heteroatoms. The van der Waals surface area contributed by atoms with Gasteiger partial charge in [-0.1, -0.05) is 6.92 Å². The standard InChI is InChI=1S/C18H22N4O6/c1-5-11(2)21-16(8-9-19-21)20-17(23)12(3)28-15-7-6-13(18(24)27-4)10-14(15)22(25)26/h6-12H,5H2,1-4H3,(H,20,23)/t11-,12-/m0/s1. The quantitative estimate of drug-likeness (QED) is 0.417. The van der Waals surface area contributed by atoms with E-state index >= 15 is 0 Å². The number of hydrogen-bond acceptors (Lipinski definition) is 7. The van der Waals surface area contributed by atoms with Crippen LogP contribution >= 0.6 is 0 Å². The average molecular weight is 390 g/mol. The van der Waals surface area contributed by atoms with E-state index in [0.29, 0.717) is 5.82 Å². The maximum absolute atomic E-state index is 12.5. The molecule has 1 amide bonds. The number of carbonyl (C=O) groups is 2. The zero-order valence-electron chi connectivity index (χ0n) is 16.0. The fraction of sp³-hybridized carbons (Fsp3) is 0.389. The highest BCUT2D eigenvalue weighted by Gasteiger charge is 2.24. The second-order valence-corrected chi connectivity index (χ2v) is 6.10. The van der Waals surface area contributed by atoms with E-state index in [4.69, 9.17) is 4.74 Å². The van der Waals surface area contributed by atoms with Crippen molar-refractivity contribution in [1.29, 1.82) is 0 Å². The molecule has 0 fully saturated rings. The zero-order chi connectivity index (χ0) is 20.8. The van der Waals surface area contributed by atoms with Gasteiger partial charge in [0.1, 0.15) is 5.82 Å². The van der Waals surface area contributed by atoms with Crippen molar-refractivity contribution >= 4 is 23.4 Å². The number of methoxy groups -OCH3 is 1. The molecule has 0 saturated carbocycles. The predicted octanol–water partition coefficient (Wildman–Crippen LogP) is 2.95. The number of esters is 1. The molecule has 0 unspecified atom stereocenters. The van der Waals surface area contributed by atoms with Gasteiger partial charge in [0.25, 0.3) is 5.91 Å². The number of amides is 1. The van der Waals surface area contributed by atoms with Crippen molar-refractivity contribution in [3.05, 3.63) is 46.1 Å². The first-order chi connectivity index (χ1) is 13.3. The predicted molar refractivity (Wildman–Crippen MR) is 100 cm³/mol. The third kappa shape index (κ3) is 4.64. The summed E-state index contributed by atoms with van der Waals surface area (Å²) in [6.07, 6.45) is 1.38. The van der Waals surface area contributed by atoms with Crippen molar-refractivity contribution in [2.24, 2.45) is 0 Å². The van der Waals surface area contributed by atoms with Gasteiger partial charge in [-0.05, 0) is 32.4 Å². The Morgan fingerprint density at radius 2 is 2.04 bits per heavy atom. The van der Waals surface area contributed by atoms with Crippen LogP contribution in [0.5, 0.6) is 5.75 Å². The van der Waals surface area contributed by atoms with E-state index in [1.54, 1.807) is 16.9 Å². The van der Waals surface area contributed by atoms with Crippen molar-refractivity contribution in [1.82, 2.24) is 9.78 Å². The first-order valence-corrected chi connectivity index (χ1v) is 8.66. The molecule has 150 valence electrons. The summed E-state index contributed by atoms with van der Waals surface area (Å²) in [7, 11) is 1.18. The fourth-order valence-electron chi connectivity index (χ4n) is 2.41. The van der Waals surface area contributed by atoms with Gasteiger partial charge in [0.2, 0.25) is 0 Å². The molecule has 0 aliphatic rings. The van der Waals surface area contributed by atoms with E-state index in [1.807, 2.05) is 13.8 Å². The van der Waals surface area contributed by atoms with Gasteiger partial charge in [0.05, 0.1) is 29.8 Å². The minimum Gasteiger partial charge on any atom is -0.474 e. The van der Waals surface area contributed by atoms with E-state index in [9.17, 15) is 19.7 Å². The van der Waals surface area contributed by atoms with E-state index in [1.165, 1.54) is 26.2 Å². The van der Waals surface area contributed by atoms with E-state index in [0.717, 1.165) is 12.5 Å². The summed E-state index contributed by atoms with van der Waals surface area (Å²) in [4.78, 5) is 34.6. The van der Waals surface area contributed by atoms with Gasteiger partial charge < -0.3 is 14.8 Å². The Morgan fingerprint density at radius 3 is 2.64 bits per heavy atom. The van der Waals surface area contributed by atoms with Crippen LogP contribution in [0.25, 0.3) is 0 Å². The third-order valence-corrected chi connectivity index (χ3v) is 4.18. The molecule has 2 aromatic rings. The molecule has 0 aliphatic carbocycles. The SMILES string of the molecule is CC[C@H](C)n1nccc1NC(=O)[C@H](C)Oc1ccc(C(=O)OC)cc1[N+](=O)[O-]. The van der Waals surface area contributed by atoms with Gasteiger partial charge in [-0.3, -0.25) is 14.9 Å². The van der Waals surface area contributed by atoms with Crippen LogP contribution in [-0.4, -0.2) is 39.8 Å². The molecule has 0 saturated heterocycles. The monoisotopic (exact) mass is 390 g/mol. The molecule has 28 heavy (non-hydrogen) atoms. The first kappa shape index (κ1) is 20.9. The van der Waals surface area contributed by atoms with Gasteiger partial charge in [-0.15, -0.1) is 0 Å². The molecule has 1 aromatic heterocycles. The molecular formula is C18H22N4O6. The lowest BCUT2D eigenvalue weighted by molar-refractivity contribution is -0.386. The number of aromatic nitrogens is 2. The third-order valence-electron chi connectivity index (χ3n) is 4.18. The Balaban J connectivity index is 2.17. The Bertz CT molecular complexity index is 879. The minimum absolute atomic E-state index is 0.0103. The number of nitro benzene ring substituents is 1. The van der Waals surface area contributed by atoms with Crippen LogP contribution in [0.4, 0.5) is 11.5 Å². The molecule has 1 N–H and O–H groups in total. The van der Waals surface area contributed by atoms with Crippen LogP contribution in [0.1, 0.15) is 43.6 Å². The number of nitrogens with zero attached hydrogens (tertiary/aromatic N) is 3. The summed E-state index contributed by atoms with van der Waals surface area (Å²) in [6.45, 7) is 5.44. The van der Waals surface area contributed by atoms with Crippen LogP contribution in [0.3, 0.4) is 0 Å². The highest BCUT2D eigenvalue weighted by Crippen LogP contribution is 2.29. The summed E-state index contributed by atoms with van der Waals surface area (Å²) in [5.41, 5.74) is -0.427. The topological polar surface area (TPSA) is 126 Å². The van der Waals surface area contributed by atoms with Gasteiger partial charge >= 0.3 is 11.7 Å². The molecule has 0 radical (unpaired) electrons. The molecule has 2 atom stereocenters. The van der Waals surface area contributed by atoms with Crippen molar-refractivity contribution < 1.29 is 24.0 Å². The highest BCUT2D eigenvalue weighted by atomic mass is 16.6. The van der Waals surface area contributed by atoms with E-state index in [2.05, 4.69) is 15.2 Å². The number of ether oxygens (including phenoxy) is 2. The normalized spacial score (nSPS) is 12.7. The summed E-state index contributed by atoms with van der Waals surface area (Å²) < 4.78 is 11.7. The average Bonchev–Trinajstić information content (AvgIpc) is 3.14. The lowest BCUT2D eigenvalue weighted by atomic mass is 10.2. The molecule has 10 nitrogen and oxygen atoms in total. The number of nitro groups is 1. The summed E-state index contributed by atoms with van der Waals surface area (Å²) >= 11 is 0. The Labute approximate surface area is 161 Å². The Kier molecular flexibility index (Phi) is 6.69. The largest absolute Gasteiger partial charge is 0.474 e. The molecule has 0 bridgehead atoms. The molecule has 2 rings (SSSR count). The number of anilines is 1. The number of carbonyl (C=O) groups excluding carboxylic acids is 2. The van der Waals surface area contributed by atoms with Gasteiger partial charge in [-0.2, -0.15) is 5.10 Å². The maximum Gasteiger partial charge on any atom is 0.338 e. The Morgan fingerprint density at radius 1 is 1.32 bits per heavy atom. The van der Waals surface area contributed by atoms with Crippen molar-refractivity contribution in [3.8, 4) is 5.75 Å². The summed E-state index contributed by atoms with van der Waals surface area (Å²) in [5, 5.41) is 18.2. The fourth-order valence-corrected chi connectivity index (χ4v) is 2.41. The highest BCUT2D eigenvalue weighted by molar-refractivity contribution is 5.93. The number of rotatable bonds is 8. The Hall–Kier alpha value is -3.43. The van der Waals surface area contributed by atoms with Crippen molar-refractivity contribution in [2.45, 2.75) is 39.3 Å². The van der Waals surface area contributed by atoms with Crippen LogP contribution in [0.2, 0.25) is 0 Å². The van der Waals surface area contributed by atoms with Gasteiger partial charge in [-0.25, -0.2) is 9.48 Å². The lowest BCUT2D eigenvalue weighted by Gasteiger charge is -2.17.